The molecule has 0 spiro atoms. The third-order valence-corrected chi connectivity index (χ3v) is 4.82. The second kappa shape index (κ2) is 7.59. The molecule has 1 aliphatic rings. The fraction of sp³-hybridized carbons (Fsp3) is 0.250. The van der Waals surface area contributed by atoms with Gasteiger partial charge in [0.25, 0.3) is 0 Å². The van der Waals surface area contributed by atoms with Crippen LogP contribution < -0.4 is 5.73 Å². The molecule has 2 aromatic rings. The second-order valence-electron chi connectivity index (χ2n) is 6.81. The third kappa shape index (κ3) is 3.90. The zero-order chi connectivity index (χ0) is 20.4. The lowest BCUT2D eigenvalue weighted by Gasteiger charge is -2.24. The minimum Gasteiger partial charge on any atom is -0.508 e. The lowest BCUT2D eigenvalue weighted by atomic mass is 9.97. The molecule has 3 rings (SSSR count). The van der Waals surface area contributed by atoms with Crippen molar-refractivity contribution in [1.29, 1.82) is 0 Å². The molecule has 0 aromatic heterocycles. The van der Waals surface area contributed by atoms with Gasteiger partial charge in [-0.2, -0.15) is 0 Å². The molecule has 8 nitrogen and oxygen atoms in total. The summed E-state index contributed by atoms with van der Waals surface area (Å²) in [5, 5.41) is 28.7. The number of benzene rings is 2. The number of phenolic OH excluding ortho intramolecular Hbond substituents is 3. The van der Waals surface area contributed by atoms with Crippen molar-refractivity contribution >= 4 is 17.7 Å². The number of nitrogens with two attached hydrogens (primary N) is 1. The van der Waals surface area contributed by atoms with Gasteiger partial charge in [0.2, 0.25) is 17.7 Å². The van der Waals surface area contributed by atoms with E-state index in [2.05, 4.69) is 0 Å². The van der Waals surface area contributed by atoms with Crippen LogP contribution in [-0.4, -0.2) is 44.0 Å². The van der Waals surface area contributed by atoms with E-state index in [0.717, 1.165) is 11.0 Å². The van der Waals surface area contributed by atoms with E-state index >= 15 is 0 Å². The smallest absolute Gasteiger partial charge is 0.241 e. The predicted octanol–water partition coefficient (Wildman–Crippen LogP) is 0.818. The second-order valence-corrected chi connectivity index (χ2v) is 6.81. The lowest BCUT2D eigenvalue weighted by Crippen LogP contribution is -2.49. The number of hydrogen-bond donors (Lipinski definition) is 4. The summed E-state index contributed by atoms with van der Waals surface area (Å²) >= 11 is 0. The van der Waals surface area contributed by atoms with Crippen molar-refractivity contribution in [2.24, 2.45) is 11.7 Å². The van der Waals surface area contributed by atoms with Crippen molar-refractivity contribution in [3.05, 3.63) is 53.6 Å². The molecule has 0 saturated carbocycles. The minimum absolute atomic E-state index is 0.0459. The minimum atomic E-state index is -1.14. The Bertz CT molecular complexity index is 925. The lowest BCUT2D eigenvalue weighted by molar-refractivity contribution is -0.146. The Morgan fingerprint density at radius 3 is 2.32 bits per heavy atom. The summed E-state index contributed by atoms with van der Waals surface area (Å²) in [4.78, 5) is 38.1. The van der Waals surface area contributed by atoms with Gasteiger partial charge >= 0.3 is 0 Å². The molecule has 2 aromatic carbocycles. The highest BCUT2D eigenvalue weighted by molar-refractivity contribution is 6.07. The summed E-state index contributed by atoms with van der Waals surface area (Å²) in [5.74, 6) is -2.79. The van der Waals surface area contributed by atoms with Gasteiger partial charge < -0.3 is 21.1 Å². The average Bonchev–Trinajstić information content (AvgIpc) is 2.90. The van der Waals surface area contributed by atoms with E-state index in [-0.39, 0.29) is 36.5 Å². The van der Waals surface area contributed by atoms with Gasteiger partial charge in [0, 0.05) is 18.9 Å². The fourth-order valence-electron chi connectivity index (χ4n) is 3.37. The number of carbonyl (C=O) groups is 3. The Kier molecular flexibility index (Phi) is 5.21. The van der Waals surface area contributed by atoms with Gasteiger partial charge in [0.05, 0.1) is 5.92 Å². The summed E-state index contributed by atoms with van der Waals surface area (Å²) < 4.78 is 0. The molecule has 8 heteroatoms. The number of hydrogen-bond acceptors (Lipinski definition) is 6. The first-order valence-electron chi connectivity index (χ1n) is 8.70. The monoisotopic (exact) mass is 384 g/mol. The van der Waals surface area contributed by atoms with Crippen molar-refractivity contribution in [2.45, 2.75) is 25.3 Å². The van der Waals surface area contributed by atoms with Crippen LogP contribution in [-0.2, 0) is 27.2 Å². The maximum Gasteiger partial charge on any atom is 0.241 e. The number of likely N-dealkylation sites (tertiary alicyclic amines) is 1. The standard InChI is InChI=1S/C20H20N2O6/c21-19(27)16(7-11-1-4-14(23)5-2-11)22-18(26)9-13(20(22)28)8-12-3-6-15(24)10-17(12)25/h1-6,10,13,16,23-25H,7-9H2,(H2,21,27). The molecule has 5 N–H and O–H groups in total. The highest BCUT2D eigenvalue weighted by Gasteiger charge is 2.44. The molecule has 28 heavy (non-hydrogen) atoms. The topological polar surface area (TPSA) is 141 Å². The molecular weight excluding hydrogens is 364 g/mol. The van der Waals surface area contributed by atoms with Crippen molar-refractivity contribution < 1.29 is 29.7 Å². The number of phenols is 3. The first kappa shape index (κ1) is 19.2. The number of amides is 3. The normalized spacial score (nSPS) is 17.7. The van der Waals surface area contributed by atoms with Crippen LogP contribution in [0.15, 0.2) is 42.5 Å². The van der Waals surface area contributed by atoms with Crippen LogP contribution in [0.3, 0.4) is 0 Å². The molecule has 2 atom stereocenters. The number of aromatic hydroxyl groups is 3. The molecular formula is C20H20N2O6. The van der Waals surface area contributed by atoms with E-state index in [1.807, 2.05) is 0 Å². The van der Waals surface area contributed by atoms with Crippen molar-refractivity contribution in [2.75, 3.05) is 0 Å². The third-order valence-electron chi connectivity index (χ3n) is 4.82. The Morgan fingerprint density at radius 1 is 1.07 bits per heavy atom. The van der Waals surface area contributed by atoms with Crippen LogP contribution in [0.1, 0.15) is 17.5 Å². The Balaban J connectivity index is 1.80. The Hall–Kier alpha value is -3.55. The highest BCUT2D eigenvalue weighted by atomic mass is 16.3. The van der Waals surface area contributed by atoms with Crippen molar-refractivity contribution in [1.82, 2.24) is 4.90 Å². The van der Waals surface area contributed by atoms with Crippen molar-refractivity contribution in [3.8, 4) is 17.2 Å². The molecule has 1 fully saturated rings. The molecule has 0 aliphatic carbocycles. The summed E-state index contributed by atoms with van der Waals surface area (Å²) in [6.07, 6.45) is 0.0423. The first-order valence-corrected chi connectivity index (χ1v) is 8.70. The zero-order valence-corrected chi connectivity index (χ0v) is 14.9. The highest BCUT2D eigenvalue weighted by Crippen LogP contribution is 2.31. The Morgan fingerprint density at radius 2 is 1.71 bits per heavy atom. The van der Waals surface area contributed by atoms with E-state index in [9.17, 15) is 29.7 Å². The van der Waals surface area contributed by atoms with E-state index in [4.69, 9.17) is 5.73 Å². The van der Waals surface area contributed by atoms with Gasteiger partial charge in [-0.15, -0.1) is 0 Å². The average molecular weight is 384 g/mol. The van der Waals surface area contributed by atoms with Crippen LogP contribution >= 0.6 is 0 Å². The number of nitrogens with zero attached hydrogens (tertiary/aromatic N) is 1. The van der Waals surface area contributed by atoms with Gasteiger partial charge in [-0.3, -0.25) is 19.3 Å². The van der Waals surface area contributed by atoms with E-state index in [1.54, 1.807) is 12.1 Å². The van der Waals surface area contributed by atoms with Crippen molar-refractivity contribution in [3.63, 3.8) is 0 Å². The molecule has 0 bridgehead atoms. The number of carbonyl (C=O) groups excluding carboxylic acids is 3. The van der Waals surface area contributed by atoms with E-state index in [0.29, 0.717) is 11.1 Å². The predicted molar refractivity (Wildman–Crippen MR) is 98.2 cm³/mol. The molecule has 0 radical (unpaired) electrons. The fourth-order valence-corrected chi connectivity index (χ4v) is 3.37. The summed E-state index contributed by atoms with van der Waals surface area (Å²) in [6, 6.07) is 8.94. The van der Waals surface area contributed by atoms with Gasteiger partial charge in [0.1, 0.15) is 23.3 Å². The largest absolute Gasteiger partial charge is 0.508 e. The van der Waals surface area contributed by atoms with E-state index < -0.39 is 29.7 Å². The van der Waals surface area contributed by atoms with Crippen LogP contribution in [0, 0.1) is 5.92 Å². The molecule has 3 amide bonds. The molecule has 1 saturated heterocycles. The van der Waals surface area contributed by atoms with Gasteiger partial charge in [-0.1, -0.05) is 18.2 Å². The number of rotatable bonds is 6. The van der Waals surface area contributed by atoms with Crippen LogP contribution in [0.2, 0.25) is 0 Å². The van der Waals surface area contributed by atoms with Crippen LogP contribution in [0.5, 0.6) is 17.2 Å². The van der Waals surface area contributed by atoms with Gasteiger partial charge in [-0.05, 0) is 35.7 Å². The molecule has 1 aliphatic heterocycles. The summed E-state index contributed by atoms with van der Waals surface area (Å²) in [7, 11) is 0. The van der Waals surface area contributed by atoms with Gasteiger partial charge in [0.15, 0.2) is 0 Å². The molecule has 2 unspecified atom stereocenters. The first-order chi connectivity index (χ1) is 13.3. The summed E-state index contributed by atoms with van der Waals surface area (Å²) in [6.45, 7) is 0. The molecule has 146 valence electrons. The van der Waals surface area contributed by atoms with Gasteiger partial charge in [-0.25, -0.2) is 0 Å². The SMILES string of the molecule is NC(=O)C(Cc1ccc(O)cc1)N1C(=O)CC(Cc2ccc(O)cc2O)C1=O. The number of imide groups is 1. The Labute approximate surface area is 160 Å². The summed E-state index contributed by atoms with van der Waals surface area (Å²) in [5.41, 5.74) is 6.51. The van der Waals surface area contributed by atoms with E-state index in [1.165, 1.54) is 24.3 Å². The maximum absolute atomic E-state index is 12.8. The zero-order valence-electron chi connectivity index (χ0n) is 14.9. The van der Waals surface area contributed by atoms with Crippen LogP contribution in [0.4, 0.5) is 0 Å². The number of primary amides is 1. The maximum atomic E-state index is 12.8. The molecule has 1 heterocycles. The quantitative estimate of drug-likeness (QED) is 0.543. The van der Waals surface area contributed by atoms with Crippen LogP contribution in [0.25, 0.3) is 0 Å².